The zero-order valence-corrected chi connectivity index (χ0v) is 14.3. The molecule has 1 atom stereocenters. The smallest absolute Gasteiger partial charge is 0.302 e. The van der Waals surface area contributed by atoms with Crippen LogP contribution in [-0.4, -0.2) is 23.9 Å². The fraction of sp³-hybridized carbons (Fsp3) is 0.222. The Hall–Kier alpha value is -2.65. The minimum absolute atomic E-state index is 0.161. The van der Waals surface area contributed by atoms with Gasteiger partial charge in [-0.2, -0.15) is 5.26 Å². The number of benzene rings is 2. The molecule has 0 bridgehead atoms. The predicted octanol–water partition coefficient (Wildman–Crippen LogP) is 3.70. The molecule has 24 heavy (non-hydrogen) atoms. The number of rotatable bonds is 6. The van der Waals surface area contributed by atoms with Crippen molar-refractivity contribution in [2.45, 2.75) is 17.9 Å². The molecule has 2 N–H and O–H groups in total. The number of thioether (sulfide) groups is 1. The zero-order valence-electron chi connectivity index (χ0n) is 13.4. The van der Waals surface area contributed by atoms with Crippen LogP contribution in [0.1, 0.15) is 24.1 Å². The molecule has 2 aromatic rings. The number of nitrogens with zero attached hydrogens (tertiary/aromatic N) is 1. The van der Waals surface area contributed by atoms with Crippen LogP contribution in [0.15, 0.2) is 47.4 Å². The van der Waals surface area contributed by atoms with Gasteiger partial charge in [0.1, 0.15) is 12.4 Å². The standard InChI is InChI=1S/C18H18N2O3S/c1-12(21)23-11-16(14-5-8-17(22)18(9-14)24-2)20-15-6-3-13(10-19)4-7-15/h3-9,16,20,22H,11H2,1-2H3. The molecule has 1 unspecified atom stereocenters. The number of hydrogen-bond donors (Lipinski definition) is 2. The number of phenolic OH excluding ortho intramolecular Hbond substituents is 1. The van der Waals surface area contributed by atoms with Gasteiger partial charge in [0, 0.05) is 17.5 Å². The number of aromatic hydroxyl groups is 1. The normalized spacial score (nSPS) is 11.4. The van der Waals surface area contributed by atoms with Crippen molar-refractivity contribution in [3.63, 3.8) is 0 Å². The number of nitrogens with one attached hydrogen (secondary N) is 1. The van der Waals surface area contributed by atoms with E-state index in [1.54, 1.807) is 36.4 Å². The second-order valence-corrected chi connectivity index (χ2v) is 5.97. The van der Waals surface area contributed by atoms with Gasteiger partial charge in [0.25, 0.3) is 0 Å². The third-order valence-corrected chi connectivity index (χ3v) is 4.18. The molecule has 0 aliphatic rings. The van der Waals surface area contributed by atoms with Gasteiger partial charge < -0.3 is 15.2 Å². The van der Waals surface area contributed by atoms with Gasteiger partial charge in [-0.15, -0.1) is 11.8 Å². The van der Waals surface area contributed by atoms with E-state index in [9.17, 15) is 9.90 Å². The first-order valence-corrected chi connectivity index (χ1v) is 8.53. The first kappa shape index (κ1) is 17.7. The molecule has 0 heterocycles. The van der Waals surface area contributed by atoms with E-state index in [2.05, 4.69) is 11.4 Å². The number of ether oxygens (including phenoxy) is 1. The number of phenols is 1. The summed E-state index contributed by atoms with van der Waals surface area (Å²) >= 11 is 1.44. The molecule has 0 radical (unpaired) electrons. The van der Waals surface area contributed by atoms with Crippen LogP contribution in [0.25, 0.3) is 0 Å². The second kappa shape index (κ2) is 8.27. The summed E-state index contributed by atoms with van der Waals surface area (Å²) in [5, 5.41) is 22.0. The summed E-state index contributed by atoms with van der Waals surface area (Å²) in [6.07, 6.45) is 1.88. The van der Waals surface area contributed by atoms with Crippen LogP contribution in [0.4, 0.5) is 5.69 Å². The minimum atomic E-state index is -0.356. The van der Waals surface area contributed by atoms with Crippen LogP contribution in [-0.2, 0) is 9.53 Å². The van der Waals surface area contributed by atoms with E-state index in [-0.39, 0.29) is 24.4 Å². The molecule has 2 aromatic carbocycles. The first-order valence-electron chi connectivity index (χ1n) is 7.30. The van der Waals surface area contributed by atoms with Crippen LogP contribution in [0.5, 0.6) is 5.75 Å². The maximum atomic E-state index is 11.2. The summed E-state index contributed by atoms with van der Waals surface area (Å²) in [6, 6.07) is 14.1. The van der Waals surface area contributed by atoms with E-state index >= 15 is 0 Å². The van der Waals surface area contributed by atoms with E-state index in [1.165, 1.54) is 18.7 Å². The average molecular weight is 342 g/mol. The quantitative estimate of drug-likeness (QED) is 0.615. The molecule has 0 saturated heterocycles. The molecule has 0 aromatic heterocycles. The van der Waals surface area contributed by atoms with Gasteiger partial charge in [0.15, 0.2) is 0 Å². The zero-order chi connectivity index (χ0) is 17.5. The average Bonchev–Trinajstić information content (AvgIpc) is 2.59. The first-order chi connectivity index (χ1) is 11.5. The number of esters is 1. The van der Waals surface area contributed by atoms with E-state index < -0.39 is 0 Å². The molecule has 0 saturated carbocycles. The van der Waals surface area contributed by atoms with E-state index in [1.807, 2.05) is 12.3 Å². The van der Waals surface area contributed by atoms with Crippen molar-refractivity contribution in [2.75, 3.05) is 18.2 Å². The number of anilines is 1. The molecule has 0 fully saturated rings. The van der Waals surface area contributed by atoms with Crippen LogP contribution in [0.2, 0.25) is 0 Å². The predicted molar refractivity (Wildman–Crippen MR) is 94.0 cm³/mol. The SMILES string of the molecule is CSc1cc(C(COC(C)=O)Nc2ccc(C#N)cc2)ccc1O. The molecule has 0 aliphatic carbocycles. The Kier molecular flexibility index (Phi) is 6.10. The Balaban J connectivity index is 2.26. The number of carbonyl (C=O) groups is 1. The number of hydrogen-bond acceptors (Lipinski definition) is 6. The second-order valence-electron chi connectivity index (χ2n) is 5.12. The maximum Gasteiger partial charge on any atom is 0.302 e. The Morgan fingerprint density at radius 1 is 1.33 bits per heavy atom. The molecular formula is C18H18N2O3S. The summed E-state index contributed by atoms with van der Waals surface area (Å²) in [5.74, 6) is -0.138. The van der Waals surface area contributed by atoms with Gasteiger partial charge in [-0.1, -0.05) is 6.07 Å². The van der Waals surface area contributed by atoms with Crippen molar-refractivity contribution in [3.05, 3.63) is 53.6 Å². The highest BCUT2D eigenvalue weighted by Crippen LogP contribution is 2.31. The Labute approximate surface area is 145 Å². The van der Waals surface area contributed by atoms with E-state index in [0.717, 1.165) is 16.1 Å². The van der Waals surface area contributed by atoms with Gasteiger partial charge in [-0.25, -0.2) is 0 Å². The Morgan fingerprint density at radius 2 is 2.04 bits per heavy atom. The lowest BCUT2D eigenvalue weighted by Gasteiger charge is -2.21. The van der Waals surface area contributed by atoms with Crippen molar-refractivity contribution in [1.29, 1.82) is 5.26 Å². The molecular weight excluding hydrogens is 324 g/mol. The van der Waals surface area contributed by atoms with E-state index in [4.69, 9.17) is 10.00 Å². The van der Waals surface area contributed by atoms with Crippen LogP contribution in [0.3, 0.4) is 0 Å². The topological polar surface area (TPSA) is 82.3 Å². The van der Waals surface area contributed by atoms with Crippen molar-refractivity contribution in [1.82, 2.24) is 0 Å². The third kappa shape index (κ3) is 4.67. The molecule has 0 aliphatic heterocycles. The lowest BCUT2D eigenvalue weighted by atomic mass is 10.1. The molecule has 124 valence electrons. The summed E-state index contributed by atoms with van der Waals surface area (Å²) in [4.78, 5) is 11.9. The summed E-state index contributed by atoms with van der Waals surface area (Å²) in [5.41, 5.74) is 2.28. The van der Waals surface area contributed by atoms with Crippen molar-refractivity contribution >= 4 is 23.4 Å². The molecule has 0 spiro atoms. The highest BCUT2D eigenvalue weighted by atomic mass is 32.2. The van der Waals surface area contributed by atoms with Crippen LogP contribution in [0, 0.1) is 11.3 Å². The number of nitriles is 1. The van der Waals surface area contributed by atoms with Gasteiger partial charge >= 0.3 is 5.97 Å². The highest BCUT2D eigenvalue weighted by Gasteiger charge is 2.15. The molecule has 2 rings (SSSR count). The molecule has 6 heteroatoms. The lowest BCUT2D eigenvalue weighted by molar-refractivity contribution is -0.141. The monoisotopic (exact) mass is 342 g/mol. The lowest BCUT2D eigenvalue weighted by Crippen LogP contribution is -2.18. The van der Waals surface area contributed by atoms with Gasteiger partial charge in [0.05, 0.1) is 17.7 Å². The number of carbonyl (C=O) groups excluding carboxylic acids is 1. The van der Waals surface area contributed by atoms with Crippen molar-refractivity contribution < 1.29 is 14.6 Å². The summed E-state index contributed by atoms with van der Waals surface area (Å²) < 4.78 is 5.16. The van der Waals surface area contributed by atoms with Crippen molar-refractivity contribution in [3.8, 4) is 11.8 Å². The third-order valence-electron chi connectivity index (χ3n) is 3.41. The minimum Gasteiger partial charge on any atom is -0.507 e. The fourth-order valence-electron chi connectivity index (χ4n) is 2.18. The van der Waals surface area contributed by atoms with Gasteiger partial charge in [-0.3, -0.25) is 4.79 Å². The van der Waals surface area contributed by atoms with Gasteiger partial charge in [0.2, 0.25) is 0 Å². The Bertz CT molecular complexity index is 754. The summed E-state index contributed by atoms with van der Waals surface area (Å²) in [7, 11) is 0. The maximum absolute atomic E-state index is 11.2. The van der Waals surface area contributed by atoms with Crippen LogP contribution < -0.4 is 5.32 Å². The fourth-order valence-corrected chi connectivity index (χ4v) is 2.71. The largest absolute Gasteiger partial charge is 0.507 e. The van der Waals surface area contributed by atoms with Crippen LogP contribution >= 0.6 is 11.8 Å². The summed E-state index contributed by atoms with van der Waals surface area (Å²) in [6.45, 7) is 1.52. The van der Waals surface area contributed by atoms with Gasteiger partial charge in [-0.05, 0) is 48.2 Å². The molecule has 5 nitrogen and oxygen atoms in total. The highest BCUT2D eigenvalue weighted by molar-refractivity contribution is 7.98. The van der Waals surface area contributed by atoms with Crippen molar-refractivity contribution in [2.24, 2.45) is 0 Å². The Morgan fingerprint density at radius 3 is 2.62 bits per heavy atom. The molecule has 0 amide bonds. The van der Waals surface area contributed by atoms with E-state index in [0.29, 0.717) is 5.56 Å².